The molecule has 3 aromatic rings. The zero-order valence-electron chi connectivity index (χ0n) is 18.8. The number of phenols is 1. The summed E-state index contributed by atoms with van der Waals surface area (Å²) >= 11 is 13.9. The van der Waals surface area contributed by atoms with Gasteiger partial charge in [-0.2, -0.15) is 0 Å². The lowest BCUT2D eigenvalue weighted by atomic mass is 9.93. The Morgan fingerprint density at radius 3 is 2.34 bits per heavy atom. The third-order valence-electron chi connectivity index (χ3n) is 5.45. The quantitative estimate of drug-likeness (QED) is 0.288. The molecule has 2 atom stereocenters. The minimum Gasteiger partial charge on any atom is -0.508 e. The fraction of sp³-hybridized carbons (Fsp3) is 0.240. The van der Waals surface area contributed by atoms with Crippen LogP contribution in [0.15, 0.2) is 53.9 Å². The molecule has 10 heteroatoms. The number of aliphatic carboxylic acids is 1. The standard InChI is InChI=1S/C25H24Cl2N2O5S/c1-14(16-4-2-5-17(30)12-16)7-8-15-10-18(26)22(19(27)11-15)24(32)29-20(25(33)34)13-28-23(31)21-6-3-9-35-21/h2-6,9-12,14,20,30H,7-8,13H2,1H3,(H,28,31)(H,29,32)(H,33,34)/t14?,20-/m0/s1. The first-order valence-electron chi connectivity index (χ1n) is 10.8. The highest BCUT2D eigenvalue weighted by atomic mass is 35.5. The number of carboxylic acids is 1. The Bertz CT molecular complexity index is 1190. The second kappa shape index (κ2) is 12.1. The van der Waals surface area contributed by atoms with Crippen LogP contribution >= 0.6 is 34.5 Å². The van der Waals surface area contributed by atoms with Crippen molar-refractivity contribution >= 4 is 52.3 Å². The maximum Gasteiger partial charge on any atom is 0.328 e. The molecule has 4 N–H and O–H groups in total. The van der Waals surface area contributed by atoms with Crippen LogP contribution in [0.1, 0.15) is 50.4 Å². The minimum atomic E-state index is -1.37. The van der Waals surface area contributed by atoms with Crippen LogP contribution in [0.5, 0.6) is 5.75 Å². The number of rotatable bonds is 10. The summed E-state index contributed by atoms with van der Waals surface area (Å²) in [7, 11) is 0. The summed E-state index contributed by atoms with van der Waals surface area (Å²) in [6, 6.07) is 12.3. The zero-order chi connectivity index (χ0) is 25.5. The predicted molar refractivity (Wildman–Crippen MR) is 137 cm³/mol. The van der Waals surface area contributed by atoms with Gasteiger partial charge in [-0.1, -0.05) is 48.3 Å². The van der Waals surface area contributed by atoms with Crippen molar-refractivity contribution in [2.45, 2.75) is 31.7 Å². The fourth-order valence-electron chi connectivity index (χ4n) is 3.49. The number of carbonyl (C=O) groups is 3. The van der Waals surface area contributed by atoms with E-state index in [-0.39, 0.29) is 33.8 Å². The highest BCUT2D eigenvalue weighted by molar-refractivity contribution is 7.12. The van der Waals surface area contributed by atoms with E-state index in [4.69, 9.17) is 23.2 Å². The summed E-state index contributed by atoms with van der Waals surface area (Å²) in [4.78, 5) is 36.9. The number of halogens is 2. The Hall–Kier alpha value is -3.07. The van der Waals surface area contributed by atoms with E-state index < -0.39 is 23.8 Å². The van der Waals surface area contributed by atoms with Crippen LogP contribution in [-0.4, -0.2) is 40.6 Å². The molecule has 1 aromatic heterocycles. The third-order valence-corrected chi connectivity index (χ3v) is 6.91. The van der Waals surface area contributed by atoms with Crippen LogP contribution in [-0.2, 0) is 11.2 Å². The number of aromatic hydroxyl groups is 1. The molecule has 3 rings (SSSR count). The van der Waals surface area contributed by atoms with Crippen LogP contribution in [0.3, 0.4) is 0 Å². The van der Waals surface area contributed by atoms with Crippen LogP contribution in [0.25, 0.3) is 0 Å². The predicted octanol–water partition coefficient (Wildman–Crippen LogP) is 5.11. The molecule has 0 radical (unpaired) electrons. The van der Waals surface area contributed by atoms with Gasteiger partial charge in [0, 0.05) is 6.54 Å². The van der Waals surface area contributed by atoms with Crippen molar-refractivity contribution in [1.82, 2.24) is 10.6 Å². The van der Waals surface area contributed by atoms with Crippen molar-refractivity contribution in [3.05, 3.63) is 85.5 Å². The van der Waals surface area contributed by atoms with Gasteiger partial charge in [0.05, 0.1) is 20.5 Å². The average Bonchev–Trinajstić information content (AvgIpc) is 3.34. The molecule has 2 aromatic carbocycles. The molecule has 2 amide bonds. The van der Waals surface area contributed by atoms with E-state index in [2.05, 4.69) is 10.6 Å². The van der Waals surface area contributed by atoms with Gasteiger partial charge in [-0.25, -0.2) is 4.79 Å². The maximum atomic E-state index is 12.8. The highest BCUT2D eigenvalue weighted by Crippen LogP contribution is 2.29. The molecule has 0 saturated carbocycles. The van der Waals surface area contributed by atoms with Crippen molar-refractivity contribution in [2.24, 2.45) is 0 Å². The highest BCUT2D eigenvalue weighted by Gasteiger charge is 2.25. The second-order valence-corrected chi connectivity index (χ2v) is 9.78. The van der Waals surface area contributed by atoms with Crippen LogP contribution in [0.4, 0.5) is 0 Å². The van der Waals surface area contributed by atoms with Gasteiger partial charge in [-0.15, -0.1) is 11.3 Å². The lowest BCUT2D eigenvalue weighted by Gasteiger charge is -2.17. The smallest absolute Gasteiger partial charge is 0.328 e. The number of amides is 2. The Morgan fingerprint density at radius 2 is 1.74 bits per heavy atom. The number of carboxylic acid groups (broad SMARTS) is 1. The van der Waals surface area contributed by atoms with Crippen molar-refractivity contribution < 1.29 is 24.6 Å². The zero-order valence-corrected chi connectivity index (χ0v) is 21.1. The van der Waals surface area contributed by atoms with Crippen molar-refractivity contribution in [2.75, 3.05) is 6.54 Å². The van der Waals surface area contributed by atoms with Gasteiger partial charge in [0.1, 0.15) is 11.8 Å². The van der Waals surface area contributed by atoms with Crippen molar-refractivity contribution in [3.63, 3.8) is 0 Å². The van der Waals surface area contributed by atoms with E-state index in [1.165, 1.54) is 11.3 Å². The Kier molecular flexibility index (Phi) is 9.14. The molecular formula is C25H24Cl2N2O5S. The molecule has 184 valence electrons. The van der Waals surface area contributed by atoms with Crippen LogP contribution in [0, 0.1) is 0 Å². The van der Waals surface area contributed by atoms with Gasteiger partial charge >= 0.3 is 5.97 Å². The SMILES string of the molecule is CC(CCc1cc(Cl)c(C(=O)N[C@@H](CNC(=O)c2cccs2)C(=O)O)c(Cl)c1)c1cccc(O)c1. The molecule has 0 bridgehead atoms. The maximum absolute atomic E-state index is 12.8. The van der Waals surface area contributed by atoms with Gasteiger partial charge in [0.25, 0.3) is 11.8 Å². The molecule has 35 heavy (non-hydrogen) atoms. The summed E-state index contributed by atoms with van der Waals surface area (Å²) < 4.78 is 0. The molecule has 0 spiro atoms. The van der Waals surface area contributed by atoms with E-state index in [1.807, 2.05) is 13.0 Å². The fourth-order valence-corrected chi connectivity index (χ4v) is 4.83. The third kappa shape index (κ3) is 7.21. The van der Waals surface area contributed by atoms with E-state index in [0.29, 0.717) is 11.3 Å². The number of carbonyl (C=O) groups excluding carboxylic acids is 2. The molecule has 1 unspecified atom stereocenters. The van der Waals surface area contributed by atoms with Crippen molar-refractivity contribution in [3.8, 4) is 5.75 Å². The molecule has 1 heterocycles. The summed E-state index contributed by atoms with van der Waals surface area (Å²) in [6.07, 6.45) is 1.39. The lowest BCUT2D eigenvalue weighted by Crippen LogP contribution is -2.48. The number of benzene rings is 2. The number of nitrogens with one attached hydrogen (secondary N) is 2. The second-order valence-electron chi connectivity index (χ2n) is 8.02. The first kappa shape index (κ1) is 26.5. The summed E-state index contributed by atoms with van der Waals surface area (Å²) in [5.74, 6) is -2.11. The Balaban J connectivity index is 1.64. The molecule has 0 aliphatic carbocycles. The molecule has 7 nitrogen and oxygen atoms in total. The van der Waals surface area contributed by atoms with Crippen molar-refractivity contribution in [1.29, 1.82) is 0 Å². The summed E-state index contributed by atoms with van der Waals surface area (Å²) in [6.45, 7) is 1.74. The number of hydrogen-bond acceptors (Lipinski definition) is 5. The van der Waals surface area contributed by atoms with Gasteiger partial charge in [-0.05, 0) is 65.6 Å². The Labute approximate surface area is 216 Å². The monoisotopic (exact) mass is 534 g/mol. The molecular weight excluding hydrogens is 511 g/mol. The number of thiophene rings is 1. The Morgan fingerprint density at radius 1 is 1.03 bits per heavy atom. The topological polar surface area (TPSA) is 116 Å². The van der Waals surface area contributed by atoms with E-state index in [1.54, 1.807) is 47.8 Å². The molecule has 0 aliphatic heterocycles. The van der Waals surface area contributed by atoms with Gasteiger partial charge < -0.3 is 20.8 Å². The van der Waals surface area contributed by atoms with Crippen LogP contribution in [0.2, 0.25) is 10.0 Å². The van der Waals surface area contributed by atoms with Gasteiger partial charge in [0.2, 0.25) is 0 Å². The van der Waals surface area contributed by atoms with E-state index in [0.717, 1.165) is 17.5 Å². The van der Waals surface area contributed by atoms with Gasteiger partial charge in [-0.3, -0.25) is 9.59 Å². The van der Waals surface area contributed by atoms with Crippen LogP contribution < -0.4 is 10.6 Å². The largest absolute Gasteiger partial charge is 0.508 e. The first-order valence-corrected chi connectivity index (χ1v) is 12.4. The first-order chi connectivity index (χ1) is 16.7. The lowest BCUT2D eigenvalue weighted by molar-refractivity contribution is -0.139. The number of hydrogen-bond donors (Lipinski definition) is 4. The number of phenolic OH excluding ortho intramolecular Hbond substituents is 1. The normalized spacial score (nSPS) is 12.5. The van der Waals surface area contributed by atoms with E-state index >= 15 is 0 Å². The molecule has 0 aliphatic rings. The van der Waals surface area contributed by atoms with E-state index in [9.17, 15) is 24.6 Å². The molecule has 0 saturated heterocycles. The minimum absolute atomic E-state index is 0.0334. The average molecular weight is 535 g/mol. The summed E-state index contributed by atoms with van der Waals surface area (Å²) in [5, 5.41) is 26.0. The number of aryl methyl sites for hydroxylation is 1. The molecule has 0 fully saturated rings. The summed E-state index contributed by atoms with van der Waals surface area (Å²) in [5.41, 5.74) is 1.79. The van der Waals surface area contributed by atoms with Gasteiger partial charge in [0.15, 0.2) is 0 Å².